The maximum atomic E-state index is 12.3. The van der Waals surface area contributed by atoms with E-state index in [1.807, 2.05) is 0 Å². The van der Waals surface area contributed by atoms with Gasteiger partial charge in [0.15, 0.2) is 0 Å². The first kappa shape index (κ1) is 18.5. The number of rotatable bonds is 6. The predicted octanol–water partition coefficient (Wildman–Crippen LogP) is 2.28. The molecule has 1 amide bonds. The van der Waals surface area contributed by atoms with Crippen molar-refractivity contribution in [1.29, 1.82) is 0 Å². The number of alkyl halides is 3. The third kappa shape index (κ3) is 6.67. The topological polar surface area (TPSA) is 58.4 Å². The van der Waals surface area contributed by atoms with Gasteiger partial charge in [-0.1, -0.05) is 32.1 Å². The van der Waals surface area contributed by atoms with Gasteiger partial charge in [0.05, 0.1) is 12.6 Å². The van der Waals surface area contributed by atoms with Crippen LogP contribution in [0.2, 0.25) is 0 Å². The van der Waals surface area contributed by atoms with Gasteiger partial charge in [-0.25, -0.2) is 0 Å². The van der Waals surface area contributed by atoms with Crippen molar-refractivity contribution in [3.8, 4) is 0 Å². The molecule has 1 aliphatic carbocycles. The van der Waals surface area contributed by atoms with Crippen LogP contribution in [-0.2, 0) is 4.79 Å². The Balaban J connectivity index is 1.64. The van der Waals surface area contributed by atoms with Crippen molar-refractivity contribution in [2.24, 2.45) is 17.6 Å². The molecule has 1 heterocycles. The van der Waals surface area contributed by atoms with Crippen LogP contribution in [0.4, 0.5) is 13.2 Å². The zero-order valence-electron chi connectivity index (χ0n) is 13.6. The summed E-state index contributed by atoms with van der Waals surface area (Å²) in [6.07, 6.45) is 3.26. The number of hydrogen-bond acceptors (Lipinski definition) is 3. The summed E-state index contributed by atoms with van der Waals surface area (Å²) in [7, 11) is 0. The minimum Gasteiger partial charge on any atom is -0.354 e. The van der Waals surface area contributed by atoms with Gasteiger partial charge in [0, 0.05) is 13.1 Å². The number of nitrogens with zero attached hydrogens (tertiary/aromatic N) is 1. The molecule has 134 valence electrons. The average molecular weight is 335 g/mol. The fourth-order valence-electron chi connectivity index (χ4n) is 3.74. The van der Waals surface area contributed by atoms with Crippen LogP contribution in [0.15, 0.2) is 0 Å². The minimum absolute atomic E-state index is 0.0863. The lowest BCUT2D eigenvalue weighted by molar-refractivity contribution is -0.143. The second kappa shape index (κ2) is 8.33. The molecule has 2 unspecified atom stereocenters. The second-order valence-corrected chi connectivity index (χ2v) is 7.10. The summed E-state index contributed by atoms with van der Waals surface area (Å²) in [6.45, 7) is 0.385. The van der Waals surface area contributed by atoms with E-state index in [-0.39, 0.29) is 11.8 Å². The van der Waals surface area contributed by atoms with E-state index in [1.165, 1.54) is 24.2 Å². The van der Waals surface area contributed by atoms with Crippen molar-refractivity contribution < 1.29 is 18.0 Å². The van der Waals surface area contributed by atoms with Gasteiger partial charge in [-0.2, -0.15) is 13.2 Å². The molecule has 2 atom stereocenters. The molecule has 1 saturated heterocycles. The minimum atomic E-state index is -4.15. The summed E-state index contributed by atoms with van der Waals surface area (Å²) in [6, 6.07) is -0.495. The highest BCUT2D eigenvalue weighted by atomic mass is 19.4. The molecule has 2 aliphatic rings. The summed E-state index contributed by atoms with van der Waals surface area (Å²) in [5.74, 6) is 0.464. The van der Waals surface area contributed by atoms with E-state index in [9.17, 15) is 18.0 Å². The van der Waals surface area contributed by atoms with E-state index >= 15 is 0 Å². The van der Waals surface area contributed by atoms with E-state index in [4.69, 9.17) is 5.73 Å². The Morgan fingerprint density at radius 1 is 1.17 bits per heavy atom. The molecule has 3 N–H and O–H groups in total. The fourth-order valence-corrected chi connectivity index (χ4v) is 3.74. The summed E-state index contributed by atoms with van der Waals surface area (Å²) in [4.78, 5) is 13.5. The molecule has 4 nitrogen and oxygen atoms in total. The van der Waals surface area contributed by atoms with E-state index < -0.39 is 18.8 Å². The number of halogens is 3. The van der Waals surface area contributed by atoms with E-state index in [2.05, 4.69) is 5.32 Å². The molecule has 0 aromatic carbocycles. The number of nitrogens with one attached hydrogen (secondary N) is 1. The first-order valence-corrected chi connectivity index (χ1v) is 8.66. The summed E-state index contributed by atoms with van der Waals surface area (Å²) in [5, 5.41) is 2.83. The molecule has 1 aliphatic heterocycles. The molecule has 0 bridgehead atoms. The third-order valence-corrected chi connectivity index (χ3v) is 4.99. The molecule has 0 aromatic heterocycles. The van der Waals surface area contributed by atoms with Crippen LogP contribution in [0, 0.1) is 11.8 Å². The standard InChI is InChI=1S/C16H28F3N3O/c17-16(18,19)11-22-7-6-13(10-22)9-21-15(23)14(20)8-12-4-2-1-3-5-12/h12-14H,1-11,20H2,(H,21,23). The van der Waals surface area contributed by atoms with Gasteiger partial charge in [0.2, 0.25) is 5.91 Å². The Kier molecular flexibility index (Phi) is 6.71. The van der Waals surface area contributed by atoms with Gasteiger partial charge in [-0.3, -0.25) is 9.69 Å². The quantitative estimate of drug-likeness (QED) is 0.783. The predicted molar refractivity (Wildman–Crippen MR) is 82.8 cm³/mol. The first-order chi connectivity index (χ1) is 10.8. The number of amides is 1. The van der Waals surface area contributed by atoms with Gasteiger partial charge in [-0.05, 0) is 31.2 Å². The van der Waals surface area contributed by atoms with Crippen molar-refractivity contribution in [3.05, 3.63) is 0 Å². The van der Waals surface area contributed by atoms with Crippen LogP contribution >= 0.6 is 0 Å². The zero-order chi connectivity index (χ0) is 16.9. The summed E-state index contributed by atoms with van der Waals surface area (Å²) < 4.78 is 37.0. The van der Waals surface area contributed by atoms with E-state index in [1.54, 1.807) is 0 Å². The van der Waals surface area contributed by atoms with Crippen molar-refractivity contribution in [1.82, 2.24) is 10.2 Å². The van der Waals surface area contributed by atoms with Crippen molar-refractivity contribution >= 4 is 5.91 Å². The second-order valence-electron chi connectivity index (χ2n) is 7.10. The molecule has 0 radical (unpaired) electrons. The van der Waals surface area contributed by atoms with Gasteiger partial charge < -0.3 is 11.1 Å². The monoisotopic (exact) mass is 335 g/mol. The Morgan fingerprint density at radius 2 is 1.87 bits per heavy atom. The molecule has 0 spiro atoms. The number of carbonyl (C=O) groups is 1. The number of likely N-dealkylation sites (tertiary alicyclic amines) is 1. The maximum Gasteiger partial charge on any atom is 0.401 e. The largest absolute Gasteiger partial charge is 0.401 e. The smallest absolute Gasteiger partial charge is 0.354 e. The van der Waals surface area contributed by atoms with Crippen LogP contribution in [0.1, 0.15) is 44.9 Å². The first-order valence-electron chi connectivity index (χ1n) is 8.66. The van der Waals surface area contributed by atoms with E-state index in [0.717, 1.165) is 19.3 Å². The van der Waals surface area contributed by atoms with E-state index in [0.29, 0.717) is 32.0 Å². The highest BCUT2D eigenvalue weighted by Crippen LogP contribution is 2.27. The third-order valence-electron chi connectivity index (χ3n) is 4.99. The molecule has 2 fully saturated rings. The number of hydrogen-bond donors (Lipinski definition) is 2. The van der Waals surface area contributed by atoms with Gasteiger partial charge in [-0.15, -0.1) is 0 Å². The normalized spacial score (nSPS) is 25.5. The van der Waals surface area contributed by atoms with Crippen LogP contribution in [-0.4, -0.2) is 49.2 Å². The Hall–Kier alpha value is -0.820. The van der Waals surface area contributed by atoms with Crippen LogP contribution in [0.3, 0.4) is 0 Å². The fraction of sp³-hybridized carbons (Fsp3) is 0.938. The summed E-state index contributed by atoms with van der Waals surface area (Å²) >= 11 is 0. The SMILES string of the molecule is NC(CC1CCCCC1)C(=O)NCC1CCN(CC(F)(F)F)C1. The molecule has 23 heavy (non-hydrogen) atoms. The Morgan fingerprint density at radius 3 is 2.52 bits per heavy atom. The molecular formula is C16H28F3N3O. The lowest BCUT2D eigenvalue weighted by atomic mass is 9.85. The average Bonchev–Trinajstić information content (AvgIpc) is 2.91. The van der Waals surface area contributed by atoms with Crippen LogP contribution < -0.4 is 11.1 Å². The highest BCUT2D eigenvalue weighted by molar-refractivity contribution is 5.81. The number of nitrogens with two attached hydrogens (primary N) is 1. The van der Waals surface area contributed by atoms with Crippen LogP contribution in [0.25, 0.3) is 0 Å². The van der Waals surface area contributed by atoms with Gasteiger partial charge in [0.25, 0.3) is 0 Å². The van der Waals surface area contributed by atoms with Gasteiger partial charge >= 0.3 is 6.18 Å². The van der Waals surface area contributed by atoms with Crippen molar-refractivity contribution in [2.45, 2.75) is 57.2 Å². The molecular weight excluding hydrogens is 307 g/mol. The molecule has 7 heteroatoms. The Bertz CT molecular complexity index is 383. The number of carbonyl (C=O) groups excluding carboxylic acids is 1. The highest BCUT2D eigenvalue weighted by Gasteiger charge is 2.34. The Labute approximate surface area is 136 Å². The van der Waals surface area contributed by atoms with Crippen molar-refractivity contribution in [3.63, 3.8) is 0 Å². The lowest BCUT2D eigenvalue weighted by Crippen LogP contribution is -2.44. The molecule has 2 rings (SSSR count). The van der Waals surface area contributed by atoms with Crippen LogP contribution in [0.5, 0.6) is 0 Å². The summed E-state index contributed by atoms with van der Waals surface area (Å²) in [5.41, 5.74) is 5.97. The molecule has 1 saturated carbocycles. The van der Waals surface area contributed by atoms with Crippen molar-refractivity contribution in [2.75, 3.05) is 26.2 Å². The lowest BCUT2D eigenvalue weighted by Gasteiger charge is -2.24. The van der Waals surface area contributed by atoms with Gasteiger partial charge in [0.1, 0.15) is 0 Å². The maximum absolute atomic E-state index is 12.3. The molecule has 0 aromatic rings. The zero-order valence-corrected chi connectivity index (χ0v) is 13.6.